The first-order chi connectivity index (χ1) is 11.7. The Morgan fingerprint density at radius 3 is 2.83 bits per heavy atom. The molecule has 1 aliphatic carbocycles. The molecule has 6 nitrogen and oxygen atoms in total. The average molecular weight is 346 g/mol. The van der Waals surface area contributed by atoms with Crippen LogP contribution in [0, 0.1) is 0 Å². The summed E-state index contributed by atoms with van der Waals surface area (Å²) >= 11 is 1.40. The standard InChI is InChI=1S/C17H22N4O2S/c1-21-16(12-7-3-4-8-12)19-20-17(21)24-11-15(22)18-13-9-5-6-10-14(13)23-2/h5-6,9-10,12H,3-4,7-8,11H2,1-2H3,(H,18,22). The Morgan fingerprint density at radius 1 is 1.33 bits per heavy atom. The fourth-order valence-electron chi connectivity index (χ4n) is 3.06. The Bertz CT molecular complexity index is 710. The summed E-state index contributed by atoms with van der Waals surface area (Å²) in [6.45, 7) is 0. The lowest BCUT2D eigenvalue weighted by Crippen LogP contribution is -2.15. The molecule has 0 radical (unpaired) electrons. The number of aromatic nitrogens is 3. The van der Waals surface area contributed by atoms with Crippen molar-refractivity contribution in [3.63, 3.8) is 0 Å². The quantitative estimate of drug-likeness (QED) is 0.814. The number of amides is 1. The van der Waals surface area contributed by atoms with Crippen LogP contribution >= 0.6 is 11.8 Å². The van der Waals surface area contributed by atoms with Gasteiger partial charge in [-0.25, -0.2) is 0 Å². The lowest BCUT2D eigenvalue weighted by molar-refractivity contribution is -0.113. The predicted octanol–water partition coefficient (Wildman–Crippen LogP) is 3.21. The molecule has 1 fully saturated rings. The second-order valence-corrected chi connectivity index (χ2v) is 6.86. The molecule has 0 bridgehead atoms. The fraction of sp³-hybridized carbons (Fsp3) is 0.471. The summed E-state index contributed by atoms with van der Waals surface area (Å²) in [4.78, 5) is 12.2. The number of carbonyl (C=O) groups is 1. The molecule has 0 atom stereocenters. The van der Waals surface area contributed by atoms with Gasteiger partial charge in [-0.1, -0.05) is 36.7 Å². The SMILES string of the molecule is COc1ccccc1NC(=O)CSc1nnc(C2CCCC2)n1C. The monoisotopic (exact) mass is 346 g/mol. The molecule has 1 aromatic heterocycles. The van der Waals surface area contributed by atoms with Gasteiger partial charge in [-0.3, -0.25) is 4.79 Å². The van der Waals surface area contributed by atoms with Gasteiger partial charge in [0, 0.05) is 13.0 Å². The zero-order valence-electron chi connectivity index (χ0n) is 14.0. The molecular weight excluding hydrogens is 324 g/mol. The van der Waals surface area contributed by atoms with Crippen LogP contribution in [0.4, 0.5) is 5.69 Å². The summed E-state index contributed by atoms with van der Waals surface area (Å²) in [5.41, 5.74) is 0.676. The van der Waals surface area contributed by atoms with Crippen molar-refractivity contribution in [2.75, 3.05) is 18.2 Å². The van der Waals surface area contributed by atoms with Crippen LogP contribution in [0.25, 0.3) is 0 Å². The molecular formula is C17H22N4O2S. The van der Waals surface area contributed by atoms with Crippen molar-refractivity contribution in [2.24, 2.45) is 7.05 Å². The summed E-state index contributed by atoms with van der Waals surface area (Å²) in [7, 11) is 3.57. The van der Waals surface area contributed by atoms with Crippen LogP contribution in [0.3, 0.4) is 0 Å². The largest absolute Gasteiger partial charge is 0.495 e. The first-order valence-corrected chi connectivity index (χ1v) is 9.12. The van der Waals surface area contributed by atoms with Crippen LogP contribution in [0.2, 0.25) is 0 Å². The van der Waals surface area contributed by atoms with E-state index in [1.165, 1.54) is 37.4 Å². The lowest BCUT2D eigenvalue weighted by atomic mass is 10.1. The van der Waals surface area contributed by atoms with Gasteiger partial charge in [-0.15, -0.1) is 10.2 Å². The molecule has 2 aromatic rings. The third-order valence-electron chi connectivity index (χ3n) is 4.30. The van der Waals surface area contributed by atoms with Gasteiger partial charge in [0.15, 0.2) is 5.16 Å². The van der Waals surface area contributed by atoms with E-state index >= 15 is 0 Å². The molecule has 3 rings (SSSR count). The zero-order chi connectivity index (χ0) is 16.9. The van der Waals surface area contributed by atoms with Crippen LogP contribution in [0.1, 0.15) is 37.4 Å². The number of thioether (sulfide) groups is 1. The van der Waals surface area contributed by atoms with Gasteiger partial charge < -0.3 is 14.6 Å². The van der Waals surface area contributed by atoms with Crippen LogP contribution in [0.5, 0.6) is 5.75 Å². The molecule has 24 heavy (non-hydrogen) atoms. The Balaban J connectivity index is 1.58. The molecule has 1 N–H and O–H groups in total. The number of benzene rings is 1. The minimum atomic E-state index is -0.0880. The van der Waals surface area contributed by atoms with Gasteiger partial charge in [0.05, 0.1) is 18.6 Å². The molecule has 0 saturated heterocycles. The zero-order valence-corrected chi connectivity index (χ0v) is 14.8. The molecule has 0 aliphatic heterocycles. The van der Waals surface area contributed by atoms with Gasteiger partial charge in [0.25, 0.3) is 0 Å². The van der Waals surface area contributed by atoms with E-state index in [0.717, 1.165) is 11.0 Å². The van der Waals surface area contributed by atoms with Crippen molar-refractivity contribution in [1.82, 2.24) is 14.8 Å². The van der Waals surface area contributed by atoms with Crippen LogP contribution in [0.15, 0.2) is 29.4 Å². The molecule has 1 aromatic carbocycles. The van der Waals surface area contributed by atoms with E-state index in [-0.39, 0.29) is 11.7 Å². The van der Waals surface area contributed by atoms with Crippen LogP contribution in [-0.4, -0.2) is 33.5 Å². The maximum atomic E-state index is 12.2. The number of ether oxygens (including phenoxy) is 1. The number of nitrogens with one attached hydrogen (secondary N) is 1. The molecule has 1 amide bonds. The summed E-state index contributed by atoms with van der Waals surface area (Å²) in [5.74, 6) is 2.40. The topological polar surface area (TPSA) is 69.0 Å². The third-order valence-corrected chi connectivity index (χ3v) is 5.32. The van der Waals surface area contributed by atoms with Crippen molar-refractivity contribution >= 4 is 23.4 Å². The third kappa shape index (κ3) is 3.72. The number of anilines is 1. The highest BCUT2D eigenvalue weighted by atomic mass is 32.2. The van der Waals surface area contributed by atoms with Gasteiger partial charge >= 0.3 is 0 Å². The number of nitrogens with zero attached hydrogens (tertiary/aromatic N) is 3. The van der Waals surface area contributed by atoms with Crippen molar-refractivity contribution in [3.05, 3.63) is 30.1 Å². The summed E-state index contributed by atoms with van der Waals surface area (Å²) in [5, 5.41) is 12.2. The van der Waals surface area contributed by atoms with E-state index in [0.29, 0.717) is 17.4 Å². The maximum absolute atomic E-state index is 12.2. The van der Waals surface area contributed by atoms with Crippen LogP contribution in [-0.2, 0) is 11.8 Å². The van der Waals surface area contributed by atoms with E-state index in [1.807, 2.05) is 35.9 Å². The smallest absolute Gasteiger partial charge is 0.234 e. The van der Waals surface area contributed by atoms with Gasteiger partial charge in [-0.05, 0) is 25.0 Å². The van der Waals surface area contributed by atoms with Gasteiger partial charge in [0.2, 0.25) is 5.91 Å². The minimum absolute atomic E-state index is 0.0880. The van der Waals surface area contributed by atoms with E-state index in [4.69, 9.17) is 4.74 Å². The maximum Gasteiger partial charge on any atom is 0.234 e. The molecule has 1 saturated carbocycles. The van der Waals surface area contributed by atoms with Crippen molar-refractivity contribution in [1.29, 1.82) is 0 Å². The number of carbonyl (C=O) groups excluding carboxylic acids is 1. The normalized spacial score (nSPS) is 14.8. The Kier molecular flexibility index (Phi) is 5.40. The lowest BCUT2D eigenvalue weighted by Gasteiger charge is -2.10. The number of hydrogen-bond donors (Lipinski definition) is 1. The highest BCUT2D eigenvalue weighted by Gasteiger charge is 2.23. The number of rotatable bonds is 6. The Hall–Kier alpha value is -2.02. The highest BCUT2D eigenvalue weighted by Crippen LogP contribution is 2.34. The molecule has 0 spiro atoms. The first-order valence-electron chi connectivity index (χ1n) is 8.14. The minimum Gasteiger partial charge on any atom is -0.495 e. The van der Waals surface area contributed by atoms with Crippen LogP contribution < -0.4 is 10.1 Å². The molecule has 7 heteroatoms. The Morgan fingerprint density at radius 2 is 2.08 bits per heavy atom. The summed E-state index contributed by atoms with van der Waals surface area (Å²) in [6.07, 6.45) is 4.90. The van der Waals surface area contributed by atoms with Gasteiger partial charge in [0.1, 0.15) is 11.6 Å². The molecule has 1 aliphatic rings. The Labute approximate surface area is 146 Å². The van der Waals surface area contributed by atoms with Crippen molar-refractivity contribution in [2.45, 2.75) is 36.8 Å². The summed E-state index contributed by atoms with van der Waals surface area (Å²) in [6, 6.07) is 7.37. The number of methoxy groups -OCH3 is 1. The van der Waals surface area contributed by atoms with E-state index in [9.17, 15) is 4.79 Å². The average Bonchev–Trinajstić information content (AvgIpc) is 3.23. The number of para-hydroxylation sites is 2. The second kappa shape index (κ2) is 7.70. The molecule has 1 heterocycles. The molecule has 0 unspecified atom stereocenters. The van der Waals surface area contributed by atoms with E-state index in [2.05, 4.69) is 15.5 Å². The van der Waals surface area contributed by atoms with E-state index < -0.39 is 0 Å². The van der Waals surface area contributed by atoms with Crippen molar-refractivity contribution in [3.8, 4) is 5.75 Å². The fourth-order valence-corrected chi connectivity index (χ4v) is 3.77. The highest BCUT2D eigenvalue weighted by molar-refractivity contribution is 7.99. The number of hydrogen-bond acceptors (Lipinski definition) is 5. The summed E-state index contributed by atoms with van der Waals surface area (Å²) < 4.78 is 7.27. The first kappa shape index (κ1) is 16.8. The van der Waals surface area contributed by atoms with Crippen molar-refractivity contribution < 1.29 is 9.53 Å². The van der Waals surface area contributed by atoms with Gasteiger partial charge in [-0.2, -0.15) is 0 Å². The van der Waals surface area contributed by atoms with E-state index in [1.54, 1.807) is 7.11 Å². The second-order valence-electron chi connectivity index (χ2n) is 5.92. The molecule has 128 valence electrons. The predicted molar refractivity (Wildman–Crippen MR) is 94.6 cm³/mol.